The molecule has 1 heterocycles. The topological polar surface area (TPSA) is 18.5 Å². The van der Waals surface area contributed by atoms with Crippen molar-refractivity contribution in [1.29, 1.82) is 0 Å². The van der Waals surface area contributed by atoms with E-state index in [9.17, 15) is 0 Å². The Labute approximate surface area is 158 Å². The number of rotatable bonds is 5. The van der Waals surface area contributed by atoms with E-state index in [-0.39, 0.29) is 24.2 Å². The van der Waals surface area contributed by atoms with Gasteiger partial charge in [-0.1, -0.05) is 66.7 Å². The average Bonchev–Trinajstić information content (AvgIpc) is 2.82. The first-order chi connectivity index (χ1) is 12.3. The Kier molecular flexibility index (Phi) is 5.41. The van der Waals surface area contributed by atoms with Gasteiger partial charge in [-0.05, 0) is 57.6 Å². The molecule has 1 fully saturated rings. The zero-order valence-corrected chi connectivity index (χ0v) is 16.5. The van der Waals surface area contributed by atoms with Crippen LogP contribution in [0.5, 0.6) is 0 Å². The van der Waals surface area contributed by atoms with Gasteiger partial charge in [0.05, 0.1) is 11.2 Å². The van der Waals surface area contributed by atoms with Crippen molar-refractivity contribution in [3.05, 3.63) is 77.9 Å². The molecular formula is C23H29BO2. The molecule has 2 aromatic carbocycles. The van der Waals surface area contributed by atoms with Crippen LogP contribution in [0.1, 0.15) is 51.7 Å². The van der Waals surface area contributed by atoms with E-state index in [0.717, 1.165) is 6.32 Å². The molecule has 1 atom stereocenters. The van der Waals surface area contributed by atoms with Crippen LogP contribution in [0.3, 0.4) is 0 Å². The lowest BCUT2D eigenvalue weighted by Gasteiger charge is -2.32. The number of hydrogen-bond acceptors (Lipinski definition) is 2. The van der Waals surface area contributed by atoms with Crippen LogP contribution < -0.4 is 0 Å². The monoisotopic (exact) mass is 348 g/mol. The van der Waals surface area contributed by atoms with Crippen molar-refractivity contribution in [3.8, 4) is 0 Å². The van der Waals surface area contributed by atoms with Crippen LogP contribution in [-0.4, -0.2) is 18.3 Å². The van der Waals surface area contributed by atoms with E-state index in [2.05, 4.69) is 101 Å². The van der Waals surface area contributed by atoms with E-state index < -0.39 is 0 Å². The predicted octanol–water partition coefficient (Wildman–Crippen LogP) is 5.97. The second-order valence-corrected chi connectivity index (χ2v) is 8.15. The van der Waals surface area contributed by atoms with E-state index in [4.69, 9.17) is 9.31 Å². The SMILES string of the molecule is C/C(=C\C(CB1OC(C)(C)C(C)(C)O1)c1ccccc1)c1ccccc1. The van der Waals surface area contributed by atoms with E-state index in [1.165, 1.54) is 16.7 Å². The molecule has 0 spiro atoms. The molecule has 2 nitrogen and oxygen atoms in total. The summed E-state index contributed by atoms with van der Waals surface area (Å²) in [4.78, 5) is 0. The highest BCUT2D eigenvalue weighted by Crippen LogP contribution is 2.40. The largest absolute Gasteiger partial charge is 0.458 e. The summed E-state index contributed by atoms with van der Waals surface area (Å²) in [5.41, 5.74) is 3.23. The van der Waals surface area contributed by atoms with Crippen molar-refractivity contribution < 1.29 is 9.31 Å². The number of benzene rings is 2. The molecule has 0 radical (unpaired) electrons. The van der Waals surface area contributed by atoms with Crippen LogP contribution >= 0.6 is 0 Å². The normalized spacial score (nSPS) is 20.2. The lowest BCUT2D eigenvalue weighted by molar-refractivity contribution is 0.00578. The predicted molar refractivity (Wildman–Crippen MR) is 110 cm³/mol. The lowest BCUT2D eigenvalue weighted by Crippen LogP contribution is -2.41. The zero-order valence-electron chi connectivity index (χ0n) is 16.5. The third-order valence-corrected chi connectivity index (χ3v) is 5.66. The van der Waals surface area contributed by atoms with E-state index in [1.807, 2.05) is 0 Å². The van der Waals surface area contributed by atoms with Gasteiger partial charge in [-0.3, -0.25) is 0 Å². The molecule has 0 aliphatic carbocycles. The van der Waals surface area contributed by atoms with E-state index in [0.29, 0.717) is 0 Å². The highest BCUT2D eigenvalue weighted by molar-refractivity contribution is 6.45. The fraction of sp³-hybridized carbons (Fsp3) is 0.391. The Hall–Kier alpha value is -1.84. The molecule has 0 bridgehead atoms. The van der Waals surface area contributed by atoms with Gasteiger partial charge in [0.25, 0.3) is 0 Å². The number of allylic oxidation sites excluding steroid dienone is 2. The Morgan fingerprint density at radius 3 is 1.92 bits per heavy atom. The highest BCUT2D eigenvalue weighted by Gasteiger charge is 2.51. The average molecular weight is 348 g/mol. The summed E-state index contributed by atoms with van der Waals surface area (Å²) in [5, 5.41) is 0. The fourth-order valence-corrected chi connectivity index (χ4v) is 3.37. The molecule has 3 rings (SSSR count). The minimum atomic E-state index is -0.295. The molecular weight excluding hydrogens is 319 g/mol. The van der Waals surface area contributed by atoms with Crippen LogP contribution in [0.2, 0.25) is 6.32 Å². The first-order valence-corrected chi connectivity index (χ1v) is 9.43. The number of hydrogen-bond donors (Lipinski definition) is 0. The summed E-state index contributed by atoms with van der Waals surface area (Å²) in [6, 6.07) is 21.1. The first kappa shape index (κ1) is 18.9. The molecule has 1 aliphatic rings. The van der Waals surface area contributed by atoms with Crippen molar-refractivity contribution in [1.82, 2.24) is 0 Å². The molecule has 136 valence electrons. The van der Waals surface area contributed by atoms with Gasteiger partial charge in [0, 0.05) is 5.92 Å². The van der Waals surface area contributed by atoms with Crippen LogP contribution in [-0.2, 0) is 9.31 Å². The molecule has 0 aromatic heterocycles. The maximum atomic E-state index is 6.25. The van der Waals surface area contributed by atoms with Gasteiger partial charge in [0.1, 0.15) is 0 Å². The van der Waals surface area contributed by atoms with Crippen LogP contribution in [0, 0.1) is 0 Å². The zero-order chi connectivity index (χ0) is 18.8. The minimum Gasteiger partial charge on any atom is -0.403 e. The molecule has 3 heteroatoms. The van der Waals surface area contributed by atoms with Gasteiger partial charge in [0.15, 0.2) is 0 Å². The summed E-state index contributed by atoms with van der Waals surface area (Å²) in [5.74, 6) is 0.242. The molecule has 1 saturated heterocycles. The third kappa shape index (κ3) is 4.11. The van der Waals surface area contributed by atoms with Crippen molar-refractivity contribution >= 4 is 12.7 Å². The molecule has 1 unspecified atom stereocenters. The Bertz CT molecular complexity index is 734. The van der Waals surface area contributed by atoms with E-state index >= 15 is 0 Å². The van der Waals surface area contributed by atoms with Crippen LogP contribution in [0.25, 0.3) is 5.57 Å². The summed E-state index contributed by atoms with van der Waals surface area (Å²) < 4.78 is 12.5. The maximum Gasteiger partial charge on any atom is 0.458 e. The molecule has 0 amide bonds. The lowest BCUT2D eigenvalue weighted by atomic mass is 9.74. The second kappa shape index (κ2) is 7.42. The van der Waals surface area contributed by atoms with Crippen molar-refractivity contribution in [2.45, 2.75) is 58.1 Å². The van der Waals surface area contributed by atoms with Crippen molar-refractivity contribution in [2.75, 3.05) is 0 Å². The van der Waals surface area contributed by atoms with Gasteiger partial charge in [-0.2, -0.15) is 0 Å². The maximum absolute atomic E-state index is 6.25. The van der Waals surface area contributed by atoms with Crippen molar-refractivity contribution in [2.24, 2.45) is 0 Å². The Morgan fingerprint density at radius 2 is 1.38 bits per heavy atom. The fourth-order valence-electron chi connectivity index (χ4n) is 3.37. The third-order valence-electron chi connectivity index (χ3n) is 5.66. The van der Waals surface area contributed by atoms with Gasteiger partial charge < -0.3 is 9.31 Å². The summed E-state index contributed by atoms with van der Waals surface area (Å²) >= 11 is 0. The molecule has 1 aliphatic heterocycles. The standard InChI is InChI=1S/C23H29BO2/c1-18(19-12-8-6-9-13-19)16-21(20-14-10-7-11-15-20)17-24-25-22(2,3)23(4,5)26-24/h6-16,21H,17H2,1-5H3/b18-16+. The van der Waals surface area contributed by atoms with E-state index in [1.54, 1.807) is 0 Å². The second-order valence-electron chi connectivity index (χ2n) is 8.15. The van der Waals surface area contributed by atoms with Crippen LogP contribution in [0.15, 0.2) is 66.7 Å². The molecule has 0 saturated carbocycles. The molecule has 0 N–H and O–H groups in total. The summed E-state index contributed by atoms with van der Waals surface area (Å²) in [7, 11) is -0.204. The van der Waals surface area contributed by atoms with Gasteiger partial charge in [0.2, 0.25) is 0 Å². The van der Waals surface area contributed by atoms with Crippen molar-refractivity contribution in [3.63, 3.8) is 0 Å². The first-order valence-electron chi connectivity index (χ1n) is 9.43. The minimum absolute atomic E-state index is 0.204. The smallest absolute Gasteiger partial charge is 0.403 e. The molecule has 26 heavy (non-hydrogen) atoms. The Balaban J connectivity index is 1.86. The van der Waals surface area contributed by atoms with Crippen LogP contribution in [0.4, 0.5) is 0 Å². The van der Waals surface area contributed by atoms with Gasteiger partial charge >= 0.3 is 7.12 Å². The highest BCUT2D eigenvalue weighted by atomic mass is 16.7. The summed E-state index contributed by atoms with van der Waals surface area (Å²) in [6.07, 6.45) is 3.15. The molecule has 2 aromatic rings. The van der Waals surface area contributed by atoms with Gasteiger partial charge in [-0.25, -0.2) is 0 Å². The van der Waals surface area contributed by atoms with Gasteiger partial charge in [-0.15, -0.1) is 0 Å². The quantitative estimate of drug-likeness (QED) is 0.620. The summed E-state index contributed by atoms with van der Waals surface area (Å²) in [6.45, 7) is 10.6. The Morgan fingerprint density at radius 1 is 0.885 bits per heavy atom.